The van der Waals surface area contributed by atoms with E-state index in [2.05, 4.69) is 16.6 Å². The van der Waals surface area contributed by atoms with Crippen LogP contribution in [0.25, 0.3) is 0 Å². The Bertz CT molecular complexity index is 419. The molecular formula is C14H17NO3. The number of allylic oxidation sites excluding steroid dienone is 5. The molecule has 0 saturated heterocycles. The second-order valence-corrected chi connectivity index (χ2v) is 3.78. The second kappa shape index (κ2) is 7.27. The molecule has 4 heteroatoms. The molecule has 0 fully saturated rings. The van der Waals surface area contributed by atoms with Crippen molar-refractivity contribution in [1.82, 2.24) is 5.32 Å². The van der Waals surface area contributed by atoms with Crippen molar-refractivity contribution in [3.05, 3.63) is 48.6 Å². The molecule has 1 N–H and O–H groups in total. The van der Waals surface area contributed by atoms with E-state index in [4.69, 9.17) is 0 Å². The Morgan fingerprint density at radius 3 is 2.94 bits per heavy atom. The van der Waals surface area contributed by atoms with Gasteiger partial charge in [0.05, 0.1) is 7.11 Å². The maximum Gasteiger partial charge on any atom is 0.328 e. The lowest BCUT2D eigenvalue weighted by Gasteiger charge is -2.15. The average Bonchev–Trinajstić information content (AvgIpc) is 2.66. The van der Waals surface area contributed by atoms with Crippen molar-refractivity contribution in [1.29, 1.82) is 0 Å². The molecule has 1 atom stereocenters. The van der Waals surface area contributed by atoms with Crippen LogP contribution in [0.5, 0.6) is 0 Å². The van der Waals surface area contributed by atoms with Gasteiger partial charge in [0.25, 0.3) is 0 Å². The van der Waals surface area contributed by atoms with Gasteiger partial charge in [-0.3, -0.25) is 4.79 Å². The third-order valence-electron chi connectivity index (χ3n) is 2.48. The molecule has 0 aliphatic heterocycles. The minimum absolute atomic E-state index is 0.261. The molecule has 0 radical (unpaired) electrons. The number of nitrogens with one attached hydrogen (secondary N) is 1. The van der Waals surface area contributed by atoms with E-state index in [9.17, 15) is 9.59 Å². The van der Waals surface area contributed by atoms with Crippen LogP contribution < -0.4 is 5.32 Å². The molecule has 0 aromatic heterocycles. The Morgan fingerprint density at radius 2 is 2.28 bits per heavy atom. The summed E-state index contributed by atoms with van der Waals surface area (Å²) in [4.78, 5) is 23.4. The first-order valence-corrected chi connectivity index (χ1v) is 5.71. The Kier molecular flexibility index (Phi) is 5.64. The molecule has 0 heterocycles. The molecule has 0 aromatic carbocycles. The standard InChI is InChI=1S/C14H17NO3/c1-3-8-12(14(17)18-2)15-13(16)11-9-6-4-5-7-10-11/h3-7,9,12H,1,8,10H2,2H3,(H,15,16). The van der Waals surface area contributed by atoms with E-state index < -0.39 is 12.0 Å². The fourth-order valence-corrected chi connectivity index (χ4v) is 1.52. The molecule has 1 rings (SSSR count). The van der Waals surface area contributed by atoms with Crippen LogP contribution in [0.3, 0.4) is 0 Å². The predicted molar refractivity (Wildman–Crippen MR) is 69.7 cm³/mol. The molecular weight excluding hydrogens is 230 g/mol. The largest absolute Gasteiger partial charge is 0.467 e. The quantitative estimate of drug-likeness (QED) is 0.594. The van der Waals surface area contributed by atoms with Gasteiger partial charge in [-0.15, -0.1) is 6.58 Å². The lowest BCUT2D eigenvalue weighted by Crippen LogP contribution is -2.41. The minimum atomic E-state index is -0.683. The summed E-state index contributed by atoms with van der Waals surface area (Å²) in [5.74, 6) is -0.730. The van der Waals surface area contributed by atoms with Crippen molar-refractivity contribution >= 4 is 11.9 Å². The smallest absolute Gasteiger partial charge is 0.328 e. The van der Waals surface area contributed by atoms with Crippen LogP contribution in [0.4, 0.5) is 0 Å². The van der Waals surface area contributed by atoms with E-state index in [1.807, 2.05) is 18.2 Å². The van der Waals surface area contributed by atoms with Crippen LogP contribution in [0.1, 0.15) is 12.8 Å². The highest BCUT2D eigenvalue weighted by atomic mass is 16.5. The molecule has 1 aliphatic carbocycles. The normalized spacial score (nSPS) is 15.3. The van der Waals surface area contributed by atoms with Gasteiger partial charge in [-0.2, -0.15) is 0 Å². The van der Waals surface area contributed by atoms with Gasteiger partial charge in [-0.1, -0.05) is 36.5 Å². The Balaban J connectivity index is 2.68. The summed E-state index contributed by atoms with van der Waals surface area (Å²) in [7, 11) is 1.29. The molecule has 18 heavy (non-hydrogen) atoms. The fraction of sp³-hybridized carbons (Fsp3) is 0.286. The molecule has 0 spiro atoms. The summed E-state index contributed by atoms with van der Waals surface area (Å²) >= 11 is 0. The number of carbonyl (C=O) groups is 2. The van der Waals surface area contributed by atoms with Crippen LogP contribution in [0.2, 0.25) is 0 Å². The maximum absolute atomic E-state index is 12.0. The lowest BCUT2D eigenvalue weighted by atomic mass is 10.1. The van der Waals surface area contributed by atoms with Crippen molar-refractivity contribution in [2.75, 3.05) is 7.11 Å². The monoisotopic (exact) mass is 247 g/mol. The Labute approximate surface area is 107 Å². The van der Waals surface area contributed by atoms with Gasteiger partial charge in [0, 0.05) is 5.57 Å². The first-order valence-electron chi connectivity index (χ1n) is 5.71. The van der Waals surface area contributed by atoms with Crippen LogP contribution in [-0.2, 0) is 14.3 Å². The third-order valence-corrected chi connectivity index (χ3v) is 2.48. The van der Waals surface area contributed by atoms with Gasteiger partial charge in [-0.05, 0) is 12.8 Å². The summed E-state index contributed by atoms with van der Waals surface area (Å²) in [6.45, 7) is 3.56. The van der Waals surface area contributed by atoms with Crippen molar-refractivity contribution in [3.63, 3.8) is 0 Å². The molecule has 96 valence electrons. The van der Waals surface area contributed by atoms with Crippen LogP contribution in [0, 0.1) is 0 Å². The van der Waals surface area contributed by atoms with Gasteiger partial charge in [0.2, 0.25) is 5.91 Å². The summed E-state index contributed by atoms with van der Waals surface area (Å²) < 4.78 is 4.63. The van der Waals surface area contributed by atoms with Crippen molar-refractivity contribution < 1.29 is 14.3 Å². The fourth-order valence-electron chi connectivity index (χ4n) is 1.52. The second-order valence-electron chi connectivity index (χ2n) is 3.78. The van der Waals surface area contributed by atoms with E-state index in [0.717, 1.165) is 0 Å². The molecule has 1 amide bonds. The molecule has 0 aromatic rings. The molecule has 4 nitrogen and oxygen atoms in total. The Hall–Kier alpha value is -2.10. The van der Waals surface area contributed by atoms with Crippen molar-refractivity contribution in [3.8, 4) is 0 Å². The number of rotatable bonds is 5. The van der Waals surface area contributed by atoms with Gasteiger partial charge < -0.3 is 10.1 Å². The Morgan fingerprint density at radius 1 is 1.50 bits per heavy atom. The zero-order valence-corrected chi connectivity index (χ0v) is 10.4. The van der Waals surface area contributed by atoms with E-state index in [0.29, 0.717) is 18.4 Å². The number of hydrogen-bond donors (Lipinski definition) is 1. The lowest BCUT2D eigenvalue weighted by molar-refractivity contribution is -0.144. The van der Waals surface area contributed by atoms with E-state index in [1.54, 1.807) is 18.2 Å². The first kappa shape index (κ1) is 14.0. The number of amides is 1. The van der Waals surface area contributed by atoms with Crippen molar-refractivity contribution in [2.24, 2.45) is 0 Å². The average molecular weight is 247 g/mol. The number of methoxy groups -OCH3 is 1. The van der Waals surface area contributed by atoms with Crippen LogP contribution in [-0.4, -0.2) is 25.0 Å². The summed E-state index contributed by atoms with van der Waals surface area (Å²) in [6.07, 6.45) is 11.6. The molecule has 1 aliphatic rings. The van der Waals surface area contributed by atoms with Crippen LogP contribution in [0.15, 0.2) is 48.6 Å². The van der Waals surface area contributed by atoms with E-state index in [1.165, 1.54) is 7.11 Å². The number of ether oxygens (including phenoxy) is 1. The summed E-state index contributed by atoms with van der Waals surface area (Å²) in [6, 6.07) is -0.683. The van der Waals surface area contributed by atoms with Gasteiger partial charge >= 0.3 is 5.97 Å². The third kappa shape index (κ3) is 4.05. The van der Waals surface area contributed by atoms with Gasteiger partial charge in [-0.25, -0.2) is 4.79 Å². The SMILES string of the molecule is C=CCC(NC(=O)C1=CC=CC=CC1)C(=O)OC. The summed E-state index contributed by atoms with van der Waals surface area (Å²) in [5.41, 5.74) is 0.609. The van der Waals surface area contributed by atoms with E-state index >= 15 is 0 Å². The highest BCUT2D eigenvalue weighted by Crippen LogP contribution is 2.08. The topological polar surface area (TPSA) is 55.4 Å². The number of hydrogen-bond acceptors (Lipinski definition) is 3. The highest BCUT2D eigenvalue weighted by molar-refractivity contribution is 5.96. The first-order chi connectivity index (χ1) is 8.69. The zero-order valence-electron chi connectivity index (χ0n) is 10.4. The minimum Gasteiger partial charge on any atom is -0.467 e. The predicted octanol–water partition coefficient (Wildman–Crippen LogP) is 1.66. The number of carbonyl (C=O) groups excluding carboxylic acids is 2. The zero-order chi connectivity index (χ0) is 13.4. The van der Waals surface area contributed by atoms with Crippen LogP contribution >= 0.6 is 0 Å². The molecule has 0 saturated carbocycles. The number of esters is 1. The van der Waals surface area contributed by atoms with Crippen molar-refractivity contribution in [2.45, 2.75) is 18.9 Å². The molecule has 0 bridgehead atoms. The van der Waals surface area contributed by atoms with Gasteiger partial charge in [0.15, 0.2) is 0 Å². The highest BCUT2D eigenvalue weighted by Gasteiger charge is 2.21. The summed E-state index contributed by atoms with van der Waals surface area (Å²) in [5, 5.41) is 2.65. The van der Waals surface area contributed by atoms with Gasteiger partial charge in [0.1, 0.15) is 6.04 Å². The maximum atomic E-state index is 12.0. The molecule has 1 unspecified atom stereocenters. The van der Waals surface area contributed by atoms with E-state index in [-0.39, 0.29) is 5.91 Å².